The highest BCUT2D eigenvalue weighted by Gasteiger charge is 2.10. The van der Waals surface area contributed by atoms with Crippen molar-refractivity contribution in [3.8, 4) is 0 Å². The highest BCUT2D eigenvalue weighted by Crippen LogP contribution is 2.30. The summed E-state index contributed by atoms with van der Waals surface area (Å²) in [5.74, 6) is 0. The van der Waals surface area contributed by atoms with E-state index in [0.717, 1.165) is 52.2 Å². The molecule has 23 heavy (non-hydrogen) atoms. The molecule has 1 aliphatic rings. The number of thiazole rings is 1. The first kappa shape index (κ1) is 14.8. The molecule has 0 aliphatic carbocycles. The molecule has 0 saturated carbocycles. The molecule has 3 aromatic rings. The molecule has 0 radical (unpaired) electrons. The topological polar surface area (TPSA) is 40.2 Å². The highest BCUT2D eigenvalue weighted by atomic mass is 35.5. The van der Waals surface area contributed by atoms with E-state index in [-0.39, 0.29) is 0 Å². The summed E-state index contributed by atoms with van der Waals surface area (Å²) < 4.78 is 1.09. The van der Waals surface area contributed by atoms with Gasteiger partial charge in [0.1, 0.15) is 0 Å². The molecule has 1 saturated heterocycles. The predicted molar refractivity (Wildman–Crippen MR) is 99.4 cm³/mol. The highest BCUT2D eigenvalue weighted by molar-refractivity contribution is 7.22. The Bertz CT molecular complexity index is 809. The number of nitrogens with one attached hydrogen (secondary N) is 2. The SMILES string of the molecule is Clc1ccc2nc(Nc3ccc(N4CCNCC4)cc3)sc2c1. The summed E-state index contributed by atoms with van der Waals surface area (Å²) in [7, 11) is 0. The Morgan fingerprint density at radius 3 is 2.65 bits per heavy atom. The Labute approximate surface area is 144 Å². The summed E-state index contributed by atoms with van der Waals surface area (Å²) in [6, 6.07) is 14.3. The van der Waals surface area contributed by atoms with Gasteiger partial charge >= 0.3 is 0 Å². The third kappa shape index (κ3) is 3.27. The summed E-state index contributed by atoms with van der Waals surface area (Å²) in [5, 5.41) is 8.38. The van der Waals surface area contributed by atoms with Crippen molar-refractivity contribution < 1.29 is 0 Å². The van der Waals surface area contributed by atoms with E-state index in [2.05, 4.69) is 44.8 Å². The smallest absolute Gasteiger partial charge is 0.188 e. The maximum Gasteiger partial charge on any atom is 0.188 e. The number of nitrogens with zero attached hydrogens (tertiary/aromatic N) is 2. The van der Waals surface area contributed by atoms with Crippen LogP contribution in [0.2, 0.25) is 5.02 Å². The molecule has 0 bridgehead atoms. The molecule has 0 atom stereocenters. The van der Waals surface area contributed by atoms with E-state index < -0.39 is 0 Å². The van der Waals surface area contributed by atoms with E-state index in [1.54, 1.807) is 11.3 Å². The zero-order valence-corrected chi connectivity index (χ0v) is 14.1. The van der Waals surface area contributed by atoms with Crippen molar-refractivity contribution in [2.45, 2.75) is 0 Å². The Morgan fingerprint density at radius 1 is 1.09 bits per heavy atom. The normalized spacial score (nSPS) is 15.1. The van der Waals surface area contributed by atoms with Crippen LogP contribution < -0.4 is 15.5 Å². The molecule has 4 nitrogen and oxygen atoms in total. The monoisotopic (exact) mass is 344 g/mol. The van der Waals surface area contributed by atoms with Gasteiger partial charge in [0.15, 0.2) is 5.13 Å². The lowest BCUT2D eigenvalue weighted by Crippen LogP contribution is -2.43. The summed E-state index contributed by atoms with van der Waals surface area (Å²) in [5.41, 5.74) is 3.29. The average Bonchev–Trinajstić information content (AvgIpc) is 2.97. The van der Waals surface area contributed by atoms with Crippen LogP contribution in [-0.2, 0) is 0 Å². The fourth-order valence-corrected chi connectivity index (χ4v) is 3.92. The molecule has 1 aliphatic heterocycles. The summed E-state index contributed by atoms with van der Waals surface area (Å²) >= 11 is 7.64. The zero-order valence-electron chi connectivity index (χ0n) is 12.6. The first-order chi connectivity index (χ1) is 11.3. The number of anilines is 3. The van der Waals surface area contributed by atoms with Gasteiger partial charge in [-0.05, 0) is 42.5 Å². The molecule has 2 heterocycles. The first-order valence-corrected chi connectivity index (χ1v) is 8.86. The van der Waals surface area contributed by atoms with Crippen LogP contribution in [0.3, 0.4) is 0 Å². The van der Waals surface area contributed by atoms with Crippen molar-refractivity contribution >= 4 is 49.7 Å². The van der Waals surface area contributed by atoms with Crippen LogP contribution in [0.1, 0.15) is 0 Å². The summed E-state index contributed by atoms with van der Waals surface area (Å²) in [6.07, 6.45) is 0. The second-order valence-corrected chi connectivity index (χ2v) is 7.01. The Morgan fingerprint density at radius 2 is 1.87 bits per heavy atom. The molecule has 0 unspecified atom stereocenters. The van der Waals surface area contributed by atoms with Gasteiger partial charge in [-0.1, -0.05) is 22.9 Å². The van der Waals surface area contributed by atoms with Crippen molar-refractivity contribution in [3.05, 3.63) is 47.5 Å². The van der Waals surface area contributed by atoms with Crippen molar-refractivity contribution in [1.29, 1.82) is 0 Å². The predicted octanol–water partition coefficient (Wildman–Crippen LogP) is 4.10. The maximum absolute atomic E-state index is 6.03. The Hall–Kier alpha value is -1.82. The standard InChI is InChI=1S/C17H17ClN4S/c18-12-1-6-15-16(11-12)23-17(21-15)20-13-2-4-14(5-3-13)22-9-7-19-8-10-22/h1-6,11,19H,7-10H2,(H,20,21). The van der Waals surface area contributed by atoms with Crippen LogP contribution in [0.15, 0.2) is 42.5 Å². The number of halogens is 1. The molecular formula is C17H17ClN4S. The molecule has 1 aromatic heterocycles. The maximum atomic E-state index is 6.03. The first-order valence-electron chi connectivity index (χ1n) is 7.67. The summed E-state index contributed by atoms with van der Waals surface area (Å²) in [6.45, 7) is 4.22. The average molecular weight is 345 g/mol. The number of piperazine rings is 1. The van der Waals surface area contributed by atoms with Gasteiger partial charge in [-0.15, -0.1) is 0 Å². The van der Waals surface area contributed by atoms with Crippen LogP contribution in [0.4, 0.5) is 16.5 Å². The fraction of sp³-hybridized carbons (Fsp3) is 0.235. The third-order valence-electron chi connectivity index (χ3n) is 3.95. The fourth-order valence-electron chi connectivity index (χ4n) is 2.75. The number of aromatic nitrogens is 1. The number of fused-ring (bicyclic) bond motifs is 1. The third-order valence-corrected chi connectivity index (χ3v) is 5.12. The zero-order chi connectivity index (χ0) is 15.6. The van der Waals surface area contributed by atoms with Gasteiger partial charge in [0.2, 0.25) is 0 Å². The largest absolute Gasteiger partial charge is 0.369 e. The van der Waals surface area contributed by atoms with Crippen LogP contribution in [0.5, 0.6) is 0 Å². The van der Waals surface area contributed by atoms with Crippen LogP contribution in [0.25, 0.3) is 10.2 Å². The van der Waals surface area contributed by atoms with Gasteiger partial charge in [0.25, 0.3) is 0 Å². The van der Waals surface area contributed by atoms with Crippen molar-refractivity contribution in [1.82, 2.24) is 10.3 Å². The Balaban J connectivity index is 1.51. The minimum absolute atomic E-state index is 0.744. The lowest BCUT2D eigenvalue weighted by atomic mass is 10.2. The van der Waals surface area contributed by atoms with Gasteiger partial charge in [-0.25, -0.2) is 4.98 Å². The molecule has 0 spiro atoms. The number of rotatable bonds is 3. The van der Waals surface area contributed by atoms with Gasteiger partial charge in [-0.3, -0.25) is 0 Å². The van der Waals surface area contributed by atoms with Crippen LogP contribution in [0, 0.1) is 0 Å². The summed E-state index contributed by atoms with van der Waals surface area (Å²) in [4.78, 5) is 6.99. The van der Waals surface area contributed by atoms with E-state index in [4.69, 9.17) is 11.6 Å². The van der Waals surface area contributed by atoms with Crippen LogP contribution >= 0.6 is 22.9 Å². The van der Waals surface area contributed by atoms with E-state index in [1.807, 2.05) is 18.2 Å². The number of benzene rings is 2. The molecule has 2 N–H and O–H groups in total. The molecule has 0 amide bonds. The lowest BCUT2D eigenvalue weighted by molar-refractivity contribution is 0.589. The molecule has 6 heteroatoms. The minimum Gasteiger partial charge on any atom is -0.369 e. The van der Waals surface area contributed by atoms with Crippen molar-refractivity contribution in [2.24, 2.45) is 0 Å². The van der Waals surface area contributed by atoms with Crippen LogP contribution in [-0.4, -0.2) is 31.2 Å². The minimum atomic E-state index is 0.744. The number of hydrogen-bond acceptors (Lipinski definition) is 5. The van der Waals surface area contributed by atoms with E-state index >= 15 is 0 Å². The van der Waals surface area contributed by atoms with Gasteiger partial charge in [0, 0.05) is 42.6 Å². The van der Waals surface area contributed by atoms with Gasteiger partial charge in [-0.2, -0.15) is 0 Å². The lowest BCUT2D eigenvalue weighted by Gasteiger charge is -2.29. The Kier molecular flexibility index (Phi) is 4.08. The molecular weight excluding hydrogens is 328 g/mol. The molecule has 4 rings (SSSR count). The van der Waals surface area contributed by atoms with Crippen molar-refractivity contribution in [3.63, 3.8) is 0 Å². The molecule has 2 aromatic carbocycles. The second kappa shape index (κ2) is 6.35. The molecule has 118 valence electrons. The van der Waals surface area contributed by atoms with E-state index in [9.17, 15) is 0 Å². The molecule has 1 fully saturated rings. The quantitative estimate of drug-likeness (QED) is 0.750. The second-order valence-electron chi connectivity index (χ2n) is 5.54. The van der Waals surface area contributed by atoms with Gasteiger partial charge in [0.05, 0.1) is 10.2 Å². The van der Waals surface area contributed by atoms with Crippen molar-refractivity contribution in [2.75, 3.05) is 36.4 Å². The number of hydrogen-bond donors (Lipinski definition) is 2. The van der Waals surface area contributed by atoms with Gasteiger partial charge < -0.3 is 15.5 Å². The van der Waals surface area contributed by atoms with E-state index in [1.165, 1.54) is 5.69 Å². The van der Waals surface area contributed by atoms with E-state index in [0.29, 0.717) is 0 Å².